The van der Waals surface area contributed by atoms with Gasteiger partial charge in [0.1, 0.15) is 5.76 Å². The van der Waals surface area contributed by atoms with Crippen LogP contribution in [0.15, 0.2) is 34.9 Å². The van der Waals surface area contributed by atoms with Crippen LogP contribution in [-0.2, 0) is 0 Å². The molecule has 4 heteroatoms. The predicted octanol–water partition coefficient (Wildman–Crippen LogP) is 4.27. The maximum Gasteiger partial charge on any atom is 0.276 e. The highest BCUT2D eigenvalue weighted by atomic mass is 16.5. The first-order valence-electron chi connectivity index (χ1n) is 8.94. The number of likely N-dealkylation sites (N-methyl/N-ethyl adjacent to an activating group) is 1. The second kappa shape index (κ2) is 6.08. The molecule has 24 heavy (non-hydrogen) atoms. The average molecular weight is 324 g/mol. The summed E-state index contributed by atoms with van der Waals surface area (Å²) in [7, 11) is 1.91. The first kappa shape index (κ1) is 15.4. The van der Waals surface area contributed by atoms with Gasteiger partial charge in [-0.3, -0.25) is 4.79 Å². The summed E-state index contributed by atoms with van der Waals surface area (Å²) < 4.78 is 5.35. The molecule has 0 radical (unpaired) electrons. The zero-order valence-corrected chi connectivity index (χ0v) is 14.4. The fraction of sp³-hybridized carbons (Fsp3) is 0.500. The van der Waals surface area contributed by atoms with E-state index in [1.165, 1.54) is 11.1 Å². The molecule has 2 atom stereocenters. The molecule has 0 aliphatic heterocycles. The molecule has 0 bridgehead atoms. The van der Waals surface area contributed by atoms with Gasteiger partial charge in [-0.25, -0.2) is 0 Å². The van der Waals surface area contributed by atoms with Crippen molar-refractivity contribution in [2.24, 2.45) is 0 Å². The van der Waals surface area contributed by atoms with E-state index >= 15 is 0 Å². The number of carbonyl (C=O) groups is 1. The van der Waals surface area contributed by atoms with Gasteiger partial charge in [0, 0.05) is 31.0 Å². The molecule has 1 heterocycles. The summed E-state index contributed by atoms with van der Waals surface area (Å²) in [5.74, 6) is 1.74. The largest absolute Gasteiger partial charge is 0.360 e. The molecule has 2 fully saturated rings. The molecule has 4 rings (SSSR count). The molecule has 126 valence electrons. The molecule has 0 spiro atoms. The van der Waals surface area contributed by atoms with E-state index in [9.17, 15) is 4.79 Å². The normalized spacial score (nSPS) is 23.4. The fourth-order valence-electron chi connectivity index (χ4n) is 3.89. The van der Waals surface area contributed by atoms with E-state index in [2.05, 4.69) is 36.3 Å². The monoisotopic (exact) mass is 324 g/mol. The Hall–Kier alpha value is -2.10. The van der Waals surface area contributed by atoms with Gasteiger partial charge in [0.2, 0.25) is 0 Å². The smallest absolute Gasteiger partial charge is 0.276 e. The minimum Gasteiger partial charge on any atom is -0.360 e. The van der Waals surface area contributed by atoms with Crippen molar-refractivity contribution < 1.29 is 9.32 Å². The Bertz CT molecular complexity index is 730. The first-order chi connectivity index (χ1) is 11.6. The van der Waals surface area contributed by atoms with Crippen LogP contribution in [0.5, 0.6) is 0 Å². The van der Waals surface area contributed by atoms with Gasteiger partial charge < -0.3 is 9.42 Å². The van der Waals surface area contributed by atoms with Crippen LogP contribution in [0.25, 0.3) is 0 Å². The molecule has 4 nitrogen and oxygen atoms in total. The number of carbonyl (C=O) groups excluding carboxylic acids is 1. The Balaban J connectivity index is 1.52. The third kappa shape index (κ3) is 2.85. The van der Waals surface area contributed by atoms with Crippen molar-refractivity contribution in [1.82, 2.24) is 10.1 Å². The number of hydrogen-bond donors (Lipinski definition) is 0. The van der Waals surface area contributed by atoms with Crippen molar-refractivity contribution in [2.45, 2.75) is 56.9 Å². The number of aromatic nitrogens is 1. The number of aryl methyl sites for hydroxylation is 1. The molecule has 1 amide bonds. The van der Waals surface area contributed by atoms with Crippen LogP contribution < -0.4 is 0 Å². The van der Waals surface area contributed by atoms with Crippen molar-refractivity contribution in [2.75, 3.05) is 7.05 Å². The molecular formula is C20H24N2O2. The van der Waals surface area contributed by atoms with Gasteiger partial charge in [-0.1, -0.05) is 41.4 Å². The van der Waals surface area contributed by atoms with Crippen molar-refractivity contribution in [1.29, 1.82) is 0 Å². The molecule has 2 aliphatic rings. The lowest BCUT2D eigenvalue weighted by molar-refractivity contribution is 0.0711. The van der Waals surface area contributed by atoms with E-state index in [1.807, 2.05) is 18.0 Å². The third-order valence-corrected chi connectivity index (χ3v) is 5.53. The van der Waals surface area contributed by atoms with Crippen LogP contribution in [0.3, 0.4) is 0 Å². The minimum absolute atomic E-state index is 0.0188. The van der Waals surface area contributed by atoms with Crippen molar-refractivity contribution in [3.8, 4) is 0 Å². The highest BCUT2D eigenvalue weighted by Gasteiger charge is 2.35. The second-order valence-corrected chi connectivity index (χ2v) is 7.32. The first-order valence-corrected chi connectivity index (χ1v) is 8.94. The van der Waals surface area contributed by atoms with E-state index < -0.39 is 0 Å². The summed E-state index contributed by atoms with van der Waals surface area (Å²) in [6.07, 6.45) is 5.64. The van der Waals surface area contributed by atoms with Gasteiger partial charge in [-0.05, 0) is 38.2 Å². The molecule has 2 aliphatic carbocycles. The number of hydrogen-bond acceptors (Lipinski definition) is 3. The van der Waals surface area contributed by atoms with Gasteiger partial charge in [0.15, 0.2) is 5.69 Å². The number of benzene rings is 1. The Morgan fingerprint density at radius 1 is 1.17 bits per heavy atom. The van der Waals surface area contributed by atoms with E-state index in [4.69, 9.17) is 4.52 Å². The molecule has 2 saturated carbocycles. The van der Waals surface area contributed by atoms with Gasteiger partial charge >= 0.3 is 0 Å². The van der Waals surface area contributed by atoms with Crippen LogP contribution in [0.1, 0.15) is 71.3 Å². The van der Waals surface area contributed by atoms with Crippen LogP contribution in [0, 0.1) is 6.92 Å². The predicted molar refractivity (Wildman–Crippen MR) is 92.1 cm³/mol. The summed E-state index contributed by atoms with van der Waals surface area (Å²) >= 11 is 0. The van der Waals surface area contributed by atoms with Gasteiger partial charge in [0.25, 0.3) is 5.91 Å². The lowest BCUT2D eigenvalue weighted by Crippen LogP contribution is -2.38. The van der Waals surface area contributed by atoms with Crippen LogP contribution in [-0.4, -0.2) is 29.1 Å². The molecule has 0 N–H and O–H groups in total. The summed E-state index contributed by atoms with van der Waals surface area (Å²) in [5.41, 5.74) is 3.06. The Labute approximate surface area is 142 Å². The van der Waals surface area contributed by atoms with E-state index in [0.717, 1.165) is 37.9 Å². The highest BCUT2D eigenvalue weighted by Crippen LogP contribution is 2.41. The number of amides is 1. The van der Waals surface area contributed by atoms with Gasteiger partial charge in [-0.2, -0.15) is 0 Å². The Morgan fingerprint density at radius 3 is 2.62 bits per heavy atom. The van der Waals surface area contributed by atoms with Crippen molar-refractivity contribution in [3.05, 3.63) is 52.9 Å². The second-order valence-electron chi connectivity index (χ2n) is 7.32. The maximum atomic E-state index is 12.8. The topological polar surface area (TPSA) is 46.3 Å². The zero-order valence-electron chi connectivity index (χ0n) is 14.4. The average Bonchev–Trinajstić information content (AvgIpc) is 3.13. The Morgan fingerprint density at radius 2 is 1.92 bits per heavy atom. The molecule has 0 unspecified atom stereocenters. The highest BCUT2D eigenvalue weighted by molar-refractivity contribution is 5.92. The summed E-state index contributed by atoms with van der Waals surface area (Å²) in [4.78, 5) is 14.7. The minimum atomic E-state index is -0.0188. The fourth-order valence-corrected chi connectivity index (χ4v) is 3.89. The van der Waals surface area contributed by atoms with E-state index in [0.29, 0.717) is 17.5 Å². The summed E-state index contributed by atoms with van der Waals surface area (Å²) in [6, 6.07) is 10.8. The number of nitrogens with zero attached hydrogens (tertiary/aromatic N) is 2. The number of rotatable bonds is 4. The van der Waals surface area contributed by atoms with Crippen LogP contribution in [0.2, 0.25) is 0 Å². The van der Waals surface area contributed by atoms with Crippen molar-refractivity contribution >= 4 is 5.91 Å². The summed E-state index contributed by atoms with van der Waals surface area (Å²) in [6.45, 7) is 2.10. The van der Waals surface area contributed by atoms with E-state index in [-0.39, 0.29) is 11.9 Å². The molecular weight excluding hydrogens is 300 g/mol. The summed E-state index contributed by atoms with van der Waals surface area (Å²) in [5, 5.41) is 4.01. The molecule has 1 aromatic heterocycles. The third-order valence-electron chi connectivity index (χ3n) is 5.53. The molecule has 1 aromatic carbocycles. The zero-order chi connectivity index (χ0) is 16.7. The van der Waals surface area contributed by atoms with Crippen molar-refractivity contribution in [3.63, 3.8) is 0 Å². The SMILES string of the molecule is Cc1ccc([C@H]2CCC[C@H]2N(C)C(=O)c2cc(C3CC3)on2)cc1. The van der Waals surface area contributed by atoms with E-state index in [1.54, 1.807) is 0 Å². The van der Waals surface area contributed by atoms with Gasteiger partial charge in [0.05, 0.1) is 0 Å². The molecule has 0 saturated heterocycles. The maximum absolute atomic E-state index is 12.8. The molecule has 2 aromatic rings. The van der Waals surface area contributed by atoms with Crippen LogP contribution >= 0.6 is 0 Å². The lowest BCUT2D eigenvalue weighted by atomic mass is 9.92. The quantitative estimate of drug-likeness (QED) is 0.844. The Kier molecular flexibility index (Phi) is 3.91. The lowest BCUT2D eigenvalue weighted by Gasteiger charge is -2.29. The standard InChI is InChI=1S/C20H24N2O2/c1-13-6-8-14(9-7-13)16-4-3-5-18(16)22(2)20(23)17-12-19(24-21-17)15-10-11-15/h6-9,12,15-16,18H,3-5,10-11H2,1-2H3/t16-,18-/m1/s1. The van der Waals surface area contributed by atoms with Gasteiger partial charge in [-0.15, -0.1) is 0 Å². The van der Waals surface area contributed by atoms with Crippen LogP contribution in [0.4, 0.5) is 0 Å².